The normalized spacial score (nSPS) is 11.0. The molecule has 3 rings (SSSR count). The minimum Gasteiger partial charge on any atom is -0.492 e. The van der Waals surface area contributed by atoms with E-state index in [4.69, 9.17) is 4.74 Å². The zero-order valence-electron chi connectivity index (χ0n) is 18.1. The molecule has 0 spiro atoms. The summed E-state index contributed by atoms with van der Waals surface area (Å²) in [6, 6.07) is 15.8. The van der Waals surface area contributed by atoms with Gasteiger partial charge in [-0.2, -0.15) is 0 Å². The first kappa shape index (κ1) is 22.0. The SMILES string of the molecule is Cc1ccc(C(=O)N(C)CCOc2ccc(CN(C)Cc3csc(C)n3)cc2)cc1. The fourth-order valence-corrected chi connectivity index (χ4v) is 3.74. The van der Waals surface area contributed by atoms with Crippen LogP contribution in [0.5, 0.6) is 5.75 Å². The highest BCUT2D eigenvalue weighted by Gasteiger charge is 2.11. The van der Waals surface area contributed by atoms with E-state index in [2.05, 4.69) is 34.4 Å². The van der Waals surface area contributed by atoms with E-state index in [9.17, 15) is 4.79 Å². The van der Waals surface area contributed by atoms with E-state index in [1.807, 2.05) is 50.2 Å². The van der Waals surface area contributed by atoms with Crippen LogP contribution in [0, 0.1) is 13.8 Å². The van der Waals surface area contributed by atoms with Gasteiger partial charge in [-0.25, -0.2) is 4.98 Å². The third kappa shape index (κ3) is 6.40. The molecule has 0 radical (unpaired) electrons. The molecule has 0 fully saturated rings. The van der Waals surface area contributed by atoms with Gasteiger partial charge < -0.3 is 9.64 Å². The predicted octanol–water partition coefficient (Wildman–Crippen LogP) is 4.54. The van der Waals surface area contributed by atoms with Gasteiger partial charge in [-0.3, -0.25) is 9.69 Å². The van der Waals surface area contributed by atoms with E-state index in [1.165, 1.54) is 5.56 Å². The molecule has 30 heavy (non-hydrogen) atoms. The summed E-state index contributed by atoms with van der Waals surface area (Å²) in [6.45, 7) is 6.72. The molecule has 1 aromatic heterocycles. The van der Waals surface area contributed by atoms with Crippen LogP contribution in [0.15, 0.2) is 53.9 Å². The minimum absolute atomic E-state index is 0.00675. The molecular weight excluding hydrogens is 394 g/mol. The van der Waals surface area contributed by atoms with Crippen LogP contribution in [0.25, 0.3) is 0 Å². The van der Waals surface area contributed by atoms with Crippen LogP contribution in [0.4, 0.5) is 0 Å². The topological polar surface area (TPSA) is 45.7 Å². The van der Waals surface area contributed by atoms with Crippen molar-refractivity contribution in [1.82, 2.24) is 14.8 Å². The third-order valence-electron chi connectivity index (χ3n) is 4.81. The summed E-state index contributed by atoms with van der Waals surface area (Å²) < 4.78 is 5.82. The minimum atomic E-state index is 0.00675. The van der Waals surface area contributed by atoms with Crippen LogP contribution in [0.2, 0.25) is 0 Å². The molecule has 0 bridgehead atoms. The number of nitrogens with zero attached hydrogens (tertiary/aromatic N) is 3. The predicted molar refractivity (Wildman–Crippen MR) is 122 cm³/mol. The van der Waals surface area contributed by atoms with Gasteiger partial charge in [-0.1, -0.05) is 29.8 Å². The van der Waals surface area contributed by atoms with Crippen LogP contribution in [0.3, 0.4) is 0 Å². The summed E-state index contributed by atoms with van der Waals surface area (Å²) in [7, 11) is 3.90. The first-order valence-corrected chi connectivity index (χ1v) is 10.9. The number of likely N-dealkylation sites (N-methyl/N-ethyl adjacent to an activating group) is 1. The average Bonchev–Trinajstić information content (AvgIpc) is 3.13. The maximum atomic E-state index is 12.4. The van der Waals surface area contributed by atoms with Crippen LogP contribution < -0.4 is 4.74 Å². The van der Waals surface area contributed by atoms with E-state index in [0.717, 1.165) is 35.1 Å². The molecule has 6 heteroatoms. The second-order valence-electron chi connectivity index (χ2n) is 7.62. The zero-order chi connectivity index (χ0) is 21.5. The Hall–Kier alpha value is -2.70. The van der Waals surface area contributed by atoms with Crippen LogP contribution >= 0.6 is 11.3 Å². The molecule has 0 N–H and O–H groups in total. The molecule has 0 aliphatic rings. The van der Waals surface area contributed by atoms with E-state index in [-0.39, 0.29) is 5.91 Å². The molecule has 0 aliphatic carbocycles. The molecule has 0 atom stereocenters. The van der Waals surface area contributed by atoms with Gasteiger partial charge in [0.1, 0.15) is 12.4 Å². The Bertz CT molecular complexity index is 951. The quantitative estimate of drug-likeness (QED) is 0.507. The van der Waals surface area contributed by atoms with E-state index in [0.29, 0.717) is 18.7 Å². The third-order valence-corrected chi connectivity index (χ3v) is 5.64. The highest BCUT2D eigenvalue weighted by Crippen LogP contribution is 2.15. The van der Waals surface area contributed by atoms with Crippen LogP contribution in [0.1, 0.15) is 32.2 Å². The highest BCUT2D eigenvalue weighted by atomic mass is 32.1. The van der Waals surface area contributed by atoms with Gasteiger partial charge in [-0.15, -0.1) is 11.3 Å². The Morgan fingerprint density at radius 1 is 1.00 bits per heavy atom. The lowest BCUT2D eigenvalue weighted by Crippen LogP contribution is -2.30. The van der Waals surface area contributed by atoms with Gasteiger partial charge >= 0.3 is 0 Å². The molecule has 3 aromatic rings. The van der Waals surface area contributed by atoms with Crippen molar-refractivity contribution in [3.05, 3.63) is 81.3 Å². The average molecular weight is 424 g/mol. The number of rotatable bonds is 9. The standard InChI is InChI=1S/C24H29N3O2S/c1-18-5-9-21(10-6-18)24(28)27(4)13-14-29-23-11-7-20(8-12-23)15-26(3)16-22-17-30-19(2)25-22/h5-12,17H,13-16H2,1-4H3. The van der Waals surface area contributed by atoms with Gasteiger partial charge in [0.15, 0.2) is 0 Å². The smallest absolute Gasteiger partial charge is 0.253 e. The van der Waals surface area contributed by atoms with Crippen molar-refractivity contribution in [3.63, 3.8) is 0 Å². The van der Waals surface area contributed by atoms with Crippen molar-refractivity contribution < 1.29 is 9.53 Å². The largest absolute Gasteiger partial charge is 0.492 e. The first-order valence-electron chi connectivity index (χ1n) is 10.0. The Balaban J connectivity index is 1.42. The van der Waals surface area contributed by atoms with Crippen molar-refractivity contribution in [1.29, 1.82) is 0 Å². The molecule has 2 aromatic carbocycles. The van der Waals surface area contributed by atoms with Crippen LogP contribution in [-0.4, -0.2) is 47.9 Å². The monoisotopic (exact) mass is 423 g/mol. The number of hydrogen-bond donors (Lipinski definition) is 0. The number of benzene rings is 2. The lowest BCUT2D eigenvalue weighted by Gasteiger charge is -2.18. The summed E-state index contributed by atoms with van der Waals surface area (Å²) >= 11 is 1.69. The Labute approximate surface area is 182 Å². The molecule has 0 aliphatic heterocycles. The van der Waals surface area contributed by atoms with Crippen molar-refractivity contribution in [2.24, 2.45) is 0 Å². The molecule has 0 saturated carbocycles. The number of amides is 1. The number of carbonyl (C=O) groups is 1. The summed E-state index contributed by atoms with van der Waals surface area (Å²) in [5.74, 6) is 0.819. The fraction of sp³-hybridized carbons (Fsp3) is 0.333. The van der Waals surface area contributed by atoms with Crippen molar-refractivity contribution in [3.8, 4) is 5.75 Å². The number of aryl methyl sites for hydroxylation is 2. The summed E-state index contributed by atoms with van der Waals surface area (Å²) in [6.07, 6.45) is 0. The molecule has 5 nitrogen and oxygen atoms in total. The molecule has 0 saturated heterocycles. The maximum absolute atomic E-state index is 12.4. The fourth-order valence-electron chi connectivity index (χ4n) is 3.13. The van der Waals surface area contributed by atoms with E-state index < -0.39 is 0 Å². The van der Waals surface area contributed by atoms with Crippen molar-refractivity contribution in [2.45, 2.75) is 26.9 Å². The highest BCUT2D eigenvalue weighted by molar-refractivity contribution is 7.09. The first-order chi connectivity index (χ1) is 14.4. The second kappa shape index (κ2) is 10.4. The lowest BCUT2D eigenvalue weighted by atomic mass is 10.1. The zero-order valence-corrected chi connectivity index (χ0v) is 18.9. The van der Waals surface area contributed by atoms with E-state index >= 15 is 0 Å². The van der Waals surface area contributed by atoms with Gasteiger partial charge in [0.25, 0.3) is 5.91 Å². The van der Waals surface area contributed by atoms with Gasteiger partial charge in [0.05, 0.1) is 17.2 Å². The Morgan fingerprint density at radius 3 is 2.33 bits per heavy atom. The van der Waals surface area contributed by atoms with E-state index in [1.54, 1.807) is 23.3 Å². The Morgan fingerprint density at radius 2 is 1.70 bits per heavy atom. The number of hydrogen-bond acceptors (Lipinski definition) is 5. The van der Waals surface area contributed by atoms with Gasteiger partial charge in [0.2, 0.25) is 0 Å². The molecule has 1 heterocycles. The lowest BCUT2D eigenvalue weighted by molar-refractivity contribution is 0.0774. The molecule has 1 amide bonds. The number of aromatic nitrogens is 1. The molecular formula is C24H29N3O2S. The number of thiazole rings is 1. The van der Waals surface area contributed by atoms with Gasteiger partial charge in [0, 0.05) is 31.1 Å². The summed E-state index contributed by atoms with van der Waals surface area (Å²) in [5.41, 5.74) is 4.18. The maximum Gasteiger partial charge on any atom is 0.253 e. The second-order valence-corrected chi connectivity index (χ2v) is 8.68. The Kier molecular flexibility index (Phi) is 7.60. The van der Waals surface area contributed by atoms with Crippen molar-refractivity contribution >= 4 is 17.2 Å². The number of ether oxygens (including phenoxy) is 1. The number of carbonyl (C=O) groups excluding carboxylic acids is 1. The summed E-state index contributed by atoms with van der Waals surface area (Å²) in [5, 5.41) is 3.22. The van der Waals surface area contributed by atoms with Crippen molar-refractivity contribution in [2.75, 3.05) is 27.2 Å². The summed E-state index contributed by atoms with van der Waals surface area (Å²) in [4.78, 5) is 20.9. The molecule has 158 valence electrons. The molecule has 0 unspecified atom stereocenters. The van der Waals surface area contributed by atoms with Crippen LogP contribution in [-0.2, 0) is 13.1 Å². The van der Waals surface area contributed by atoms with Gasteiger partial charge in [-0.05, 0) is 50.7 Å².